The Morgan fingerprint density at radius 3 is 2.66 bits per heavy atom. The van der Waals surface area contributed by atoms with Gasteiger partial charge in [0.25, 0.3) is 5.91 Å². The lowest BCUT2D eigenvalue weighted by Crippen LogP contribution is -2.31. The van der Waals surface area contributed by atoms with E-state index in [1.807, 2.05) is 24.3 Å². The standard InChI is InChI=1S/C24H29N3O3S2/c1-16(22-15-31-23-5-3-2-4-21(22)23)27-20-11-10-19(14-20)17-6-8-18(9-7-17)24(28)26-12-13-32(25,29)30/h2-9,15-16,19-20,27H,10-14H2,1H3,(H,26,28)(H2,25,29,30)/t16-,19+,20?/m1/s1. The van der Waals surface area contributed by atoms with Gasteiger partial charge in [0.15, 0.2) is 0 Å². The molecule has 4 N–H and O–H groups in total. The van der Waals surface area contributed by atoms with E-state index in [4.69, 9.17) is 5.14 Å². The first-order valence-electron chi connectivity index (χ1n) is 10.9. The minimum atomic E-state index is -3.58. The zero-order valence-electron chi connectivity index (χ0n) is 18.1. The largest absolute Gasteiger partial charge is 0.351 e. The first kappa shape index (κ1) is 22.9. The van der Waals surface area contributed by atoms with E-state index in [-0.39, 0.29) is 18.2 Å². The molecule has 4 rings (SSSR count). The van der Waals surface area contributed by atoms with Crippen molar-refractivity contribution in [2.75, 3.05) is 12.3 Å². The fourth-order valence-corrected chi connectivity index (χ4v) is 5.97. The number of nitrogens with one attached hydrogen (secondary N) is 2. The van der Waals surface area contributed by atoms with Crippen LogP contribution in [-0.2, 0) is 10.0 Å². The first-order chi connectivity index (χ1) is 15.3. The minimum Gasteiger partial charge on any atom is -0.351 e. The highest BCUT2D eigenvalue weighted by Crippen LogP contribution is 2.37. The average molecular weight is 472 g/mol. The third kappa shape index (κ3) is 5.56. The van der Waals surface area contributed by atoms with Crippen LogP contribution in [-0.4, -0.2) is 32.7 Å². The van der Waals surface area contributed by atoms with Gasteiger partial charge in [-0.3, -0.25) is 4.79 Å². The molecule has 1 fully saturated rings. The van der Waals surface area contributed by atoms with Gasteiger partial charge < -0.3 is 10.6 Å². The second kappa shape index (κ2) is 9.70. The van der Waals surface area contributed by atoms with Crippen molar-refractivity contribution in [2.45, 2.75) is 44.2 Å². The molecule has 0 bridgehead atoms. The normalized spacial score (nSPS) is 19.8. The van der Waals surface area contributed by atoms with Crippen molar-refractivity contribution < 1.29 is 13.2 Å². The van der Waals surface area contributed by atoms with Gasteiger partial charge in [-0.1, -0.05) is 30.3 Å². The highest BCUT2D eigenvalue weighted by Gasteiger charge is 2.27. The summed E-state index contributed by atoms with van der Waals surface area (Å²) in [5.74, 6) is -0.0891. The van der Waals surface area contributed by atoms with Crippen LogP contribution >= 0.6 is 11.3 Å². The van der Waals surface area contributed by atoms with Gasteiger partial charge in [-0.05, 0) is 72.2 Å². The van der Waals surface area contributed by atoms with Gasteiger partial charge >= 0.3 is 0 Å². The monoisotopic (exact) mass is 471 g/mol. The summed E-state index contributed by atoms with van der Waals surface area (Å²) in [7, 11) is -3.58. The van der Waals surface area contributed by atoms with E-state index < -0.39 is 10.0 Å². The number of benzene rings is 2. The van der Waals surface area contributed by atoms with E-state index in [1.165, 1.54) is 21.2 Å². The molecule has 1 saturated carbocycles. The number of nitrogens with two attached hydrogens (primary N) is 1. The lowest BCUT2D eigenvalue weighted by Gasteiger charge is -2.20. The Hall–Kier alpha value is -2.26. The molecule has 1 heterocycles. The SMILES string of the molecule is C[C@@H](NC1CC[C@H](c2ccc(C(=O)NCCS(N)(=O)=O)cc2)C1)c1csc2ccccc12. The number of thiophene rings is 1. The summed E-state index contributed by atoms with van der Waals surface area (Å²) in [6.07, 6.45) is 3.33. The van der Waals surface area contributed by atoms with E-state index in [1.54, 1.807) is 11.3 Å². The predicted octanol–water partition coefficient (Wildman–Crippen LogP) is 3.91. The fourth-order valence-electron chi connectivity index (χ4n) is 4.53. The maximum absolute atomic E-state index is 12.2. The van der Waals surface area contributed by atoms with Gasteiger partial charge in [0.1, 0.15) is 0 Å². The first-order valence-corrected chi connectivity index (χ1v) is 13.5. The zero-order chi connectivity index (χ0) is 22.7. The molecule has 1 aliphatic rings. The van der Waals surface area contributed by atoms with Crippen molar-refractivity contribution in [3.8, 4) is 0 Å². The zero-order valence-corrected chi connectivity index (χ0v) is 19.7. The summed E-state index contributed by atoms with van der Waals surface area (Å²) in [6, 6.07) is 17.0. The Kier molecular flexibility index (Phi) is 6.95. The van der Waals surface area contributed by atoms with Gasteiger partial charge in [0.05, 0.1) is 5.75 Å². The Balaban J connectivity index is 1.31. The number of carbonyl (C=O) groups is 1. The van der Waals surface area contributed by atoms with Crippen LogP contribution in [0.1, 0.15) is 59.6 Å². The molecular weight excluding hydrogens is 442 g/mol. The second-order valence-corrected chi connectivity index (χ2v) is 11.2. The van der Waals surface area contributed by atoms with Crippen LogP contribution in [0.2, 0.25) is 0 Å². The summed E-state index contributed by atoms with van der Waals surface area (Å²) in [5, 5.41) is 15.0. The maximum Gasteiger partial charge on any atom is 0.251 e. The number of primary sulfonamides is 1. The van der Waals surface area contributed by atoms with Crippen LogP contribution in [0.3, 0.4) is 0 Å². The Labute approximate surface area is 193 Å². The van der Waals surface area contributed by atoms with Crippen molar-refractivity contribution in [3.63, 3.8) is 0 Å². The number of hydrogen-bond donors (Lipinski definition) is 3. The summed E-state index contributed by atoms with van der Waals surface area (Å²) in [5.41, 5.74) is 3.13. The smallest absolute Gasteiger partial charge is 0.251 e. The number of carbonyl (C=O) groups excluding carboxylic acids is 1. The molecule has 1 amide bonds. The van der Waals surface area contributed by atoms with Gasteiger partial charge in [0, 0.05) is 28.9 Å². The summed E-state index contributed by atoms with van der Waals surface area (Å²) in [4.78, 5) is 12.2. The molecule has 0 saturated heterocycles. The Bertz CT molecular complexity index is 1190. The van der Waals surface area contributed by atoms with Crippen LogP contribution in [0.15, 0.2) is 53.9 Å². The van der Waals surface area contributed by atoms with Gasteiger partial charge in [0.2, 0.25) is 10.0 Å². The van der Waals surface area contributed by atoms with Gasteiger partial charge in [-0.2, -0.15) is 0 Å². The summed E-state index contributed by atoms with van der Waals surface area (Å²) >= 11 is 1.80. The molecule has 3 aromatic rings. The fraction of sp³-hybridized carbons (Fsp3) is 0.375. The number of rotatable bonds is 8. The van der Waals surface area contributed by atoms with Crippen LogP contribution in [0.5, 0.6) is 0 Å². The molecule has 0 radical (unpaired) electrons. The molecule has 3 atom stereocenters. The lowest BCUT2D eigenvalue weighted by molar-refractivity contribution is 0.0956. The maximum atomic E-state index is 12.2. The van der Waals surface area contributed by atoms with Crippen molar-refractivity contribution in [1.82, 2.24) is 10.6 Å². The van der Waals surface area contributed by atoms with Crippen molar-refractivity contribution in [1.29, 1.82) is 0 Å². The molecule has 6 nitrogen and oxygen atoms in total. The molecule has 1 aliphatic carbocycles. The van der Waals surface area contributed by atoms with E-state index in [9.17, 15) is 13.2 Å². The third-order valence-electron chi connectivity index (χ3n) is 6.21. The highest BCUT2D eigenvalue weighted by molar-refractivity contribution is 7.89. The van der Waals surface area contributed by atoms with Crippen LogP contribution in [0, 0.1) is 0 Å². The molecule has 8 heteroatoms. The predicted molar refractivity (Wildman–Crippen MR) is 131 cm³/mol. The highest BCUT2D eigenvalue weighted by atomic mass is 32.2. The van der Waals surface area contributed by atoms with Gasteiger partial charge in [-0.25, -0.2) is 13.6 Å². The summed E-state index contributed by atoms with van der Waals surface area (Å²) < 4.78 is 23.3. The molecule has 2 aromatic carbocycles. The number of hydrogen-bond acceptors (Lipinski definition) is 5. The Morgan fingerprint density at radius 2 is 1.91 bits per heavy atom. The third-order valence-corrected chi connectivity index (χ3v) is 7.97. The van der Waals surface area contributed by atoms with Crippen molar-refractivity contribution in [3.05, 3.63) is 70.6 Å². The van der Waals surface area contributed by atoms with Crippen molar-refractivity contribution in [2.24, 2.45) is 5.14 Å². The molecule has 32 heavy (non-hydrogen) atoms. The molecular formula is C24H29N3O3S2. The molecule has 170 valence electrons. The number of fused-ring (bicyclic) bond motifs is 1. The second-order valence-electron chi connectivity index (χ2n) is 8.53. The van der Waals surface area contributed by atoms with E-state index >= 15 is 0 Å². The number of sulfonamides is 1. The number of amides is 1. The van der Waals surface area contributed by atoms with Crippen LogP contribution in [0.4, 0.5) is 0 Å². The summed E-state index contributed by atoms with van der Waals surface area (Å²) in [6.45, 7) is 2.25. The minimum absolute atomic E-state index is 0.00694. The topological polar surface area (TPSA) is 101 Å². The van der Waals surface area contributed by atoms with E-state index in [0.29, 0.717) is 23.6 Å². The average Bonchev–Trinajstić information content (AvgIpc) is 3.40. The van der Waals surface area contributed by atoms with E-state index in [2.05, 4.69) is 47.2 Å². The molecule has 0 aliphatic heterocycles. The molecule has 0 spiro atoms. The lowest BCUT2D eigenvalue weighted by atomic mass is 9.96. The van der Waals surface area contributed by atoms with Gasteiger partial charge in [-0.15, -0.1) is 11.3 Å². The Morgan fingerprint density at radius 1 is 1.16 bits per heavy atom. The molecule has 1 aromatic heterocycles. The van der Waals surface area contributed by atoms with Crippen LogP contribution in [0.25, 0.3) is 10.1 Å². The van der Waals surface area contributed by atoms with Crippen molar-refractivity contribution >= 4 is 37.4 Å². The van der Waals surface area contributed by atoms with E-state index in [0.717, 1.165) is 19.3 Å². The van der Waals surface area contributed by atoms with Crippen LogP contribution < -0.4 is 15.8 Å². The quantitative estimate of drug-likeness (QED) is 0.464. The molecule has 1 unspecified atom stereocenters.